The van der Waals surface area contributed by atoms with Gasteiger partial charge >= 0.3 is 6.18 Å². The average molecular weight is 477 g/mol. The highest BCUT2D eigenvalue weighted by molar-refractivity contribution is 6.00. The van der Waals surface area contributed by atoms with Crippen LogP contribution in [0.2, 0.25) is 0 Å². The number of fused-ring (bicyclic) bond motifs is 1. The molecular formula is C22H22F3N5O4. The normalized spacial score (nSPS) is 16.1. The number of carbonyl (C=O) groups excluding carboxylic acids is 2. The molecule has 1 atom stereocenters. The first kappa shape index (κ1) is 23.5. The number of rotatable bonds is 6. The Morgan fingerprint density at radius 1 is 1.21 bits per heavy atom. The van der Waals surface area contributed by atoms with Gasteiger partial charge in [0.2, 0.25) is 11.8 Å². The number of benzene rings is 1. The standard InChI is InChI=1S/C22H22F3N5O4/c1-10(26)17-16(18(31)30-21(20(27)32)8-3-9-21)29-19(34-17)12-4-6-13(33-2)15-11(12)5-7-14(28-15)22(23,24)25/h4-7,10H,3,8-9,26H2,1-2H3,(H2,27,32)(H,30,31)/t10-/m0/s1. The van der Waals surface area contributed by atoms with E-state index in [0.29, 0.717) is 12.8 Å². The van der Waals surface area contributed by atoms with Gasteiger partial charge in [-0.3, -0.25) is 9.59 Å². The Bertz CT molecular complexity index is 1280. The lowest BCUT2D eigenvalue weighted by Crippen LogP contribution is -2.61. The minimum atomic E-state index is -4.65. The Labute approximate surface area is 191 Å². The van der Waals surface area contributed by atoms with Crippen LogP contribution in [0.4, 0.5) is 13.2 Å². The second-order valence-electron chi connectivity index (χ2n) is 8.18. The van der Waals surface area contributed by atoms with Crippen LogP contribution >= 0.6 is 0 Å². The molecule has 5 N–H and O–H groups in total. The molecule has 0 bridgehead atoms. The number of nitrogens with two attached hydrogens (primary N) is 2. The van der Waals surface area contributed by atoms with E-state index in [9.17, 15) is 22.8 Å². The maximum absolute atomic E-state index is 13.2. The first-order valence-corrected chi connectivity index (χ1v) is 10.4. The molecule has 180 valence electrons. The number of amides is 2. The van der Waals surface area contributed by atoms with Crippen molar-refractivity contribution in [2.75, 3.05) is 7.11 Å². The third kappa shape index (κ3) is 3.94. The number of hydrogen-bond acceptors (Lipinski definition) is 7. The molecule has 4 rings (SSSR count). The summed E-state index contributed by atoms with van der Waals surface area (Å²) in [6.07, 6.45) is -3.10. The summed E-state index contributed by atoms with van der Waals surface area (Å²) in [6.45, 7) is 1.58. The molecule has 9 nitrogen and oxygen atoms in total. The molecule has 1 fully saturated rings. The number of alkyl halides is 3. The van der Waals surface area contributed by atoms with Crippen molar-refractivity contribution in [2.24, 2.45) is 11.5 Å². The van der Waals surface area contributed by atoms with Crippen LogP contribution in [0.3, 0.4) is 0 Å². The highest BCUT2D eigenvalue weighted by atomic mass is 19.4. The molecule has 1 aliphatic rings. The van der Waals surface area contributed by atoms with Crippen molar-refractivity contribution in [1.82, 2.24) is 15.3 Å². The minimum absolute atomic E-state index is 0.0478. The molecule has 2 amide bonds. The number of primary amides is 1. The number of carbonyl (C=O) groups is 2. The molecule has 1 aromatic carbocycles. The highest BCUT2D eigenvalue weighted by Gasteiger charge is 2.45. The van der Waals surface area contributed by atoms with E-state index in [1.807, 2.05) is 0 Å². The van der Waals surface area contributed by atoms with Gasteiger partial charge in [0.1, 0.15) is 22.5 Å². The molecule has 3 aromatic rings. The number of nitrogens with zero attached hydrogens (tertiary/aromatic N) is 2. The van der Waals surface area contributed by atoms with Crippen LogP contribution in [0.5, 0.6) is 5.75 Å². The number of aromatic nitrogens is 2. The molecule has 0 spiro atoms. The van der Waals surface area contributed by atoms with E-state index in [1.54, 1.807) is 6.92 Å². The van der Waals surface area contributed by atoms with Crippen LogP contribution in [0.15, 0.2) is 28.7 Å². The molecular weight excluding hydrogens is 455 g/mol. The summed E-state index contributed by atoms with van der Waals surface area (Å²) in [6, 6.07) is 4.28. The zero-order valence-electron chi connectivity index (χ0n) is 18.3. The van der Waals surface area contributed by atoms with E-state index in [2.05, 4.69) is 15.3 Å². The number of nitrogens with one attached hydrogen (secondary N) is 1. The van der Waals surface area contributed by atoms with Gasteiger partial charge in [-0.05, 0) is 50.5 Å². The van der Waals surface area contributed by atoms with Crippen molar-refractivity contribution in [3.8, 4) is 17.2 Å². The van der Waals surface area contributed by atoms with Crippen LogP contribution in [-0.4, -0.2) is 34.4 Å². The second-order valence-corrected chi connectivity index (χ2v) is 8.18. The largest absolute Gasteiger partial charge is 0.494 e. The third-order valence-corrected chi connectivity index (χ3v) is 5.87. The molecule has 34 heavy (non-hydrogen) atoms. The second kappa shape index (κ2) is 8.28. The van der Waals surface area contributed by atoms with Crippen LogP contribution in [0.1, 0.15) is 54.2 Å². The first-order valence-electron chi connectivity index (χ1n) is 10.4. The van der Waals surface area contributed by atoms with Gasteiger partial charge in [0.15, 0.2) is 11.5 Å². The van der Waals surface area contributed by atoms with Gasteiger partial charge in [-0.1, -0.05) is 0 Å². The van der Waals surface area contributed by atoms with E-state index in [-0.39, 0.29) is 39.6 Å². The predicted molar refractivity (Wildman–Crippen MR) is 115 cm³/mol. The Kier molecular flexibility index (Phi) is 5.72. The number of halogens is 3. The number of pyridine rings is 1. The van der Waals surface area contributed by atoms with Crippen molar-refractivity contribution in [3.05, 3.63) is 41.4 Å². The van der Waals surface area contributed by atoms with Gasteiger partial charge < -0.3 is 25.9 Å². The topological polar surface area (TPSA) is 146 Å². The van der Waals surface area contributed by atoms with Crippen molar-refractivity contribution in [1.29, 1.82) is 0 Å². The highest BCUT2D eigenvalue weighted by Crippen LogP contribution is 2.38. The van der Waals surface area contributed by atoms with Gasteiger partial charge in [0, 0.05) is 10.9 Å². The van der Waals surface area contributed by atoms with Gasteiger partial charge in [0.25, 0.3) is 5.91 Å². The molecule has 2 aromatic heterocycles. The summed E-state index contributed by atoms with van der Waals surface area (Å²) in [5.41, 5.74) is 9.29. The van der Waals surface area contributed by atoms with E-state index < -0.39 is 35.3 Å². The lowest BCUT2D eigenvalue weighted by Gasteiger charge is -2.39. The number of hydrogen-bond donors (Lipinski definition) is 3. The summed E-state index contributed by atoms with van der Waals surface area (Å²) in [5.74, 6) is -1.21. The maximum atomic E-state index is 13.2. The number of methoxy groups -OCH3 is 1. The summed E-state index contributed by atoms with van der Waals surface area (Å²) in [4.78, 5) is 32.8. The Hall–Kier alpha value is -3.67. The van der Waals surface area contributed by atoms with E-state index in [4.69, 9.17) is 20.6 Å². The molecule has 0 unspecified atom stereocenters. The fraction of sp³-hybridized carbons (Fsp3) is 0.364. The average Bonchev–Trinajstić information content (AvgIpc) is 3.19. The lowest BCUT2D eigenvalue weighted by molar-refractivity contribution is -0.141. The Morgan fingerprint density at radius 3 is 2.44 bits per heavy atom. The van der Waals surface area contributed by atoms with Crippen LogP contribution < -0.4 is 21.5 Å². The van der Waals surface area contributed by atoms with Crippen molar-refractivity contribution < 1.29 is 31.9 Å². The minimum Gasteiger partial charge on any atom is -0.494 e. The van der Waals surface area contributed by atoms with Crippen molar-refractivity contribution >= 4 is 22.7 Å². The monoisotopic (exact) mass is 477 g/mol. The molecule has 1 aliphatic carbocycles. The lowest BCUT2D eigenvalue weighted by atomic mass is 9.76. The first-order chi connectivity index (χ1) is 16.0. The molecule has 2 heterocycles. The molecule has 0 radical (unpaired) electrons. The molecule has 1 saturated carbocycles. The van der Waals surface area contributed by atoms with Crippen LogP contribution in [-0.2, 0) is 11.0 Å². The van der Waals surface area contributed by atoms with Crippen molar-refractivity contribution in [2.45, 2.75) is 43.9 Å². The molecule has 0 aliphatic heterocycles. The van der Waals surface area contributed by atoms with Crippen molar-refractivity contribution in [3.63, 3.8) is 0 Å². The SMILES string of the molecule is COc1ccc(-c2nc(C(=O)NC3(C(N)=O)CCC3)c([C@H](C)N)o2)c2ccc(C(F)(F)F)nc12. The van der Waals surface area contributed by atoms with E-state index >= 15 is 0 Å². The fourth-order valence-corrected chi connectivity index (χ4v) is 3.86. The molecule has 0 saturated heterocycles. The van der Waals surface area contributed by atoms with Gasteiger partial charge in [-0.25, -0.2) is 9.97 Å². The smallest absolute Gasteiger partial charge is 0.433 e. The Balaban J connectivity index is 1.81. The summed E-state index contributed by atoms with van der Waals surface area (Å²) in [5, 5.41) is 2.90. The third-order valence-electron chi connectivity index (χ3n) is 5.87. The molecule has 12 heteroatoms. The van der Waals surface area contributed by atoms with Crippen LogP contribution in [0, 0.1) is 0 Å². The fourth-order valence-electron chi connectivity index (χ4n) is 3.86. The van der Waals surface area contributed by atoms with E-state index in [0.717, 1.165) is 12.5 Å². The van der Waals surface area contributed by atoms with Gasteiger partial charge in [-0.2, -0.15) is 13.2 Å². The summed E-state index contributed by atoms with van der Waals surface area (Å²) >= 11 is 0. The van der Waals surface area contributed by atoms with Gasteiger partial charge in [-0.15, -0.1) is 0 Å². The quantitative estimate of drug-likeness (QED) is 0.494. The summed E-state index contributed by atoms with van der Waals surface area (Å²) < 4.78 is 50.6. The Morgan fingerprint density at radius 2 is 1.91 bits per heavy atom. The number of ether oxygens (including phenoxy) is 1. The summed E-state index contributed by atoms with van der Waals surface area (Å²) in [7, 11) is 1.31. The zero-order chi connectivity index (χ0) is 24.8. The zero-order valence-corrected chi connectivity index (χ0v) is 18.3. The number of oxazole rings is 1. The predicted octanol–water partition coefficient (Wildman–Crippen LogP) is 3.07. The van der Waals surface area contributed by atoms with Crippen LogP contribution in [0.25, 0.3) is 22.4 Å². The maximum Gasteiger partial charge on any atom is 0.433 e. The van der Waals surface area contributed by atoms with Gasteiger partial charge in [0.05, 0.1) is 13.2 Å². The van der Waals surface area contributed by atoms with E-state index in [1.165, 1.54) is 25.3 Å².